The van der Waals surface area contributed by atoms with Crippen molar-refractivity contribution in [2.45, 2.75) is 6.42 Å². The quantitative estimate of drug-likeness (QED) is 0.678. The van der Waals surface area contributed by atoms with E-state index in [1.807, 2.05) is 12.1 Å². The van der Waals surface area contributed by atoms with Gasteiger partial charge in [0.15, 0.2) is 0 Å². The molecule has 0 radical (unpaired) electrons. The first kappa shape index (κ1) is 19.3. The predicted octanol–water partition coefficient (Wildman–Crippen LogP) is 3.32. The van der Waals surface area contributed by atoms with E-state index in [0.717, 1.165) is 17.7 Å². The fourth-order valence-electron chi connectivity index (χ4n) is 3.39. The number of aromatic nitrogens is 1. The van der Waals surface area contributed by atoms with Crippen molar-refractivity contribution in [3.8, 4) is 0 Å². The van der Waals surface area contributed by atoms with Crippen molar-refractivity contribution < 1.29 is 19.1 Å². The Morgan fingerprint density at radius 3 is 2.47 bits per heavy atom. The Morgan fingerprint density at radius 2 is 1.77 bits per heavy atom. The third-order valence-corrected chi connectivity index (χ3v) is 4.96. The molecule has 30 heavy (non-hydrogen) atoms. The van der Waals surface area contributed by atoms with Gasteiger partial charge in [0.2, 0.25) is 0 Å². The molecule has 7 heteroatoms. The maximum atomic E-state index is 12.8. The smallest absolute Gasteiger partial charge is 0.337 e. The number of rotatable bonds is 4. The van der Waals surface area contributed by atoms with Crippen LogP contribution in [0.3, 0.4) is 0 Å². The van der Waals surface area contributed by atoms with Crippen molar-refractivity contribution in [2.24, 2.45) is 0 Å². The molecule has 0 unspecified atom stereocenters. The Morgan fingerprint density at radius 1 is 1.00 bits per heavy atom. The predicted molar refractivity (Wildman–Crippen MR) is 112 cm³/mol. The lowest BCUT2D eigenvalue weighted by Gasteiger charge is -2.18. The summed E-state index contributed by atoms with van der Waals surface area (Å²) in [5.74, 6) is -0.892. The minimum atomic E-state index is -0.459. The number of hydrogen-bond acceptors (Lipinski definition) is 5. The van der Waals surface area contributed by atoms with Crippen LogP contribution < -0.4 is 10.2 Å². The number of nitrogens with zero attached hydrogens (tertiary/aromatic N) is 2. The molecular formula is C23H19N3O4. The maximum absolute atomic E-state index is 12.8. The lowest BCUT2D eigenvalue weighted by atomic mass is 10.1. The molecule has 2 aromatic carbocycles. The zero-order valence-electron chi connectivity index (χ0n) is 16.3. The lowest BCUT2D eigenvalue weighted by molar-refractivity contribution is 0.0600. The highest BCUT2D eigenvalue weighted by Gasteiger charge is 2.26. The van der Waals surface area contributed by atoms with Crippen LogP contribution in [0.4, 0.5) is 11.4 Å². The number of pyridine rings is 1. The fraction of sp³-hybridized carbons (Fsp3) is 0.130. The molecule has 0 fully saturated rings. The van der Waals surface area contributed by atoms with Crippen molar-refractivity contribution in [3.05, 3.63) is 89.2 Å². The van der Waals surface area contributed by atoms with Gasteiger partial charge in [0, 0.05) is 35.9 Å². The van der Waals surface area contributed by atoms with Crippen LogP contribution in [0.1, 0.15) is 36.6 Å². The first-order valence-corrected chi connectivity index (χ1v) is 9.41. The van der Waals surface area contributed by atoms with Gasteiger partial charge in [-0.2, -0.15) is 0 Å². The van der Waals surface area contributed by atoms with Crippen molar-refractivity contribution >= 4 is 29.2 Å². The number of carbonyl (C=O) groups is 3. The molecule has 0 atom stereocenters. The second-order valence-corrected chi connectivity index (χ2v) is 6.82. The van der Waals surface area contributed by atoms with E-state index in [2.05, 4.69) is 15.0 Å². The largest absolute Gasteiger partial charge is 0.465 e. The number of anilines is 2. The molecule has 1 N–H and O–H groups in total. The average molecular weight is 401 g/mol. The molecule has 0 saturated carbocycles. The third-order valence-electron chi connectivity index (χ3n) is 4.96. The Balaban J connectivity index is 1.52. The van der Waals surface area contributed by atoms with Crippen LogP contribution in [-0.2, 0) is 11.2 Å². The van der Waals surface area contributed by atoms with E-state index in [9.17, 15) is 14.4 Å². The van der Waals surface area contributed by atoms with E-state index in [1.165, 1.54) is 19.2 Å². The molecule has 1 aromatic heterocycles. The second kappa shape index (κ2) is 8.16. The topological polar surface area (TPSA) is 88.6 Å². The number of methoxy groups -OCH3 is 1. The number of hydrogen-bond donors (Lipinski definition) is 1. The molecule has 7 nitrogen and oxygen atoms in total. The van der Waals surface area contributed by atoms with Crippen LogP contribution in [0, 0.1) is 0 Å². The molecule has 2 heterocycles. The minimum absolute atomic E-state index is 0.122. The van der Waals surface area contributed by atoms with Gasteiger partial charge in [0.1, 0.15) is 0 Å². The van der Waals surface area contributed by atoms with Crippen LogP contribution in [-0.4, -0.2) is 36.4 Å². The highest BCUT2D eigenvalue weighted by molar-refractivity contribution is 6.08. The summed E-state index contributed by atoms with van der Waals surface area (Å²) in [6.07, 6.45) is 3.93. The van der Waals surface area contributed by atoms with Crippen LogP contribution >= 0.6 is 0 Å². The van der Waals surface area contributed by atoms with Crippen LogP contribution in [0.5, 0.6) is 0 Å². The lowest BCUT2D eigenvalue weighted by Crippen LogP contribution is -2.29. The molecule has 1 aliphatic rings. The van der Waals surface area contributed by atoms with Gasteiger partial charge in [-0.05, 0) is 60.5 Å². The van der Waals surface area contributed by atoms with Crippen molar-refractivity contribution in [1.29, 1.82) is 0 Å². The summed E-state index contributed by atoms with van der Waals surface area (Å²) in [4.78, 5) is 42.7. The monoisotopic (exact) mass is 401 g/mol. The Bertz CT molecular complexity index is 1110. The summed E-state index contributed by atoms with van der Waals surface area (Å²) in [5.41, 5.74) is 3.71. The Hall–Kier alpha value is -4.00. The third kappa shape index (κ3) is 3.77. The van der Waals surface area contributed by atoms with Gasteiger partial charge in [-0.3, -0.25) is 14.6 Å². The number of carbonyl (C=O) groups excluding carboxylic acids is 3. The Labute approximate surface area is 173 Å². The number of fused-ring (bicyclic) bond motifs is 1. The standard InChI is InChI=1S/C23H19N3O4/c1-30-23(29)17-6-4-16(5-7-17)21(27)25-19-9-8-15-10-12-26(20(15)13-19)22(28)18-3-2-11-24-14-18/h2-9,11,13-14H,10,12H2,1H3,(H,25,27). The average Bonchev–Trinajstić information content (AvgIpc) is 3.22. The van der Waals surface area contributed by atoms with Crippen molar-refractivity contribution in [2.75, 3.05) is 23.9 Å². The Kier molecular flexibility index (Phi) is 5.26. The van der Waals surface area contributed by atoms with Crippen LogP contribution in [0.25, 0.3) is 0 Å². The second-order valence-electron chi connectivity index (χ2n) is 6.82. The van der Waals surface area contributed by atoms with Crippen molar-refractivity contribution in [3.63, 3.8) is 0 Å². The van der Waals surface area contributed by atoms with Gasteiger partial charge < -0.3 is 15.0 Å². The summed E-state index contributed by atoms with van der Waals surface area (Å²) in [7, 11) is 1.30. The van der Waals surface area contributed by atoms with E-state index in [1.54, 1.807) is 47.6 Å². The van der Waals surface area contributed by atoms with E-state index < -0.39 is 5.97 Å². The van der Waals surface area contributed by atoms with Gasteiger partial charge in [-0.1, -0.05) is 6.07 Å². The van der Waals surface area contributed by atoms with Gasteiger partial charge >= 0.3 is 5.97 Å². The summed E-state index contributed by atoms with van der Waals surface area (Å²) in [6, 6.07) is 15.2. The van der Waals surface area contributed by atoms with Crippen LogP contribution in [0.15, 0.2) is 67.0 Å². The van der Waals surface area contributed by atoms with E-state index in [-0.39, 0.29) is 11.8 Å². The molecule has 0 saturated heterocycles. The van der Waals surface area contributed by atoms with E-state index in [4.69, 9.17) is 0 Å². The fourth-order valence-corrected chi connectivity index (χ4v) is 3.39. The summed E-state index contributed by atoms with van der Waals surface area (Å²) >= 11 is 0. The van der Waals surface area contributed by atoms with Gasteiger partial charge in [-0.15, -0.1) is 0 Å². The summed E-state index contributed by atoms with van der Waals surface area (Å²) in [5, 5.41) is 2.84. The molecule has 2 amide bonds. The molecular weight excluding hydrogens is 382 g/mol. The maximum Gasteiger partial charge on any atom is 0.337 e. The molecule has 0 aliphatic carbocycles. The highest BCUT2D eigenvalue weighted by Crippen LogP contribution is 2.32. The number of benzene rings is 2. The molecule has 4 rings (SSSR count). The first-order chi connectivity index (χ1) is 14.6. The molecule has 150 valence electrons. The number of esters is 1. The van der Waals surface area contributed by atoms with Gasteiger partial charge in [0.25, 0.3) is 11.8 Å². The van der Waals surface area contributed by atoms with E-state index >= 15 is 0 Å². The summed E-state index contributed by atoms with van der Waals surface area (Å²) < 4.78 is 4.66. The van der Waals surface area contributed by atoms with Crippen molar-refractivity contribution in [1.82, 2.24) is 4.98 Å². The molecule has 0 bridgehead atoms. The molecule has 0 spiro atoms. The molecule has 1 aliphatic heterocycles. The number of ether oxygens (including phenoxy) is 1. The molecule has 3 aromatic rings. The van der Waals surface area contributed by atoms with Crippen LogP contribution in [0.2, 0.25) is 0 Å². The normalized spacial score (nSPS) is 12.2. The SMILES string of the molecule is COC(=O)c1ccc(C(=O)Nc2ccc3c(c2)N(C(=O)c2cccnc2)CC3)cc1. The van der Waals surface area contributed by atoms with Gasteiger partial charge in [-0.25, -0.2) is 4.79 Å². The summed E-state index contributed by atoms with van der Waals surface area (Å²) in [6.45, 7) is 0.579. The zero-order valence-corrected chi connectivity index (χ0v) is 16.3. The van der Waals surface area contributed by atoms with Gasteiger partial charge in [0.05, 0.1) is 18.2 Å². The zero-order chi connectivity index (χ0) is 21.1. The first-order valence-electron chi connectivity index (χ1n) is 9.41. The number of nitrogens with one attached hydrogen (secondary N) is 1. The minimum Gasteiger partial charge on any atom is -0.465 e. The number of amides is 2. The highest BCUT2D eigenvalue weighted by atomic mass is 16.5. The van der Waals surface area contributed by atoms with E-state index in [0.29, 0.717) is 28.9 Å².